The largest absolute Gasteiger partial charge is 0.425 e. The molecule has 1 aliphatic rings. The molecule has 20 heavy (non-hydrogen) atoms. The van der Waals surface area contributed by atoms with E-state index in [9.17, 15) is 14.8 Å². The quantitative estimate of drug-likeness (QED) is 0.587. The molecule has 1 N–H and O–H groups in total. The fraction of sp³-hybridized carbons (Fsp3) is 0.467. The van der Waals surface area contributed by atoms with E-state index in [-0.39, 0.29) is 5.41 Å². The molecule has 1 aliphatic heterocycles. The van der Waals surface area contributed by atoms with Gasteiger partial charge in [-0.3, -0.25) is 9.59 Å². The first-order valence-electron chi connectivity index (χ1n) is 6.75. The molecule has 0 saturated carbocycles. The Morgan fingerprint density at radius 3 is 2.50 bits per heavy atom. The van der Waals surface area contributed by atoms with Gasteiger partial charge in [0.25, 0.3) is 0 Å². The maximum absolute atomic E-state index is 12.1. The predicted octanol–water partition coefficient (Wildman–Crippen LogP) is 1.70. The maximum atomic E-state index is 12.1. The molecule has 0 saturated heterocycles. The Balaban J connectivity index is 2.71. The van der Waals surface area contributed by atoms with Gasteiger partial charge in [-0.25, -0.2) is 0 Å². The molecule has 106 valence electrons. The summed E-state index contributed by atoms with van der Waals surface area (Å²) >= 11 is 0. The van der Waals surface area contributed by atoms with E-state index in [1.54, 1.807) is 6.07 Å². The Bertz CT molecular complexity index is 856. The van der Waals surface area contributed by atoms with Gasteiger partial charge in [0.2, 0.25) is 0 Å². The Kier molecular flexibility index (Phi) is 2.43. The lowest BCUT2D eigenvalue weighted by atomic mass is 9.75. The van der Waals surface area contributed by atoms with Crippen LogP contribution in [0.25, 0.3) is 11.0 Å². The molecule has 0 unspecified atom stereocenters. The minimum absolute atomic E-state index is 0.0851. The molecule has 2 aromatic rings. The van der Waals surface area contributed by atoms with Gasteiger partial charge in [0.1, 0.15) is 5.52 Å². The van der Waals surface area contributed by atoms with Gasteiger partial charge in [0.15, 0.2) is 0 Å². The molecule has 0 atom stereocenters. The van der Waals surface area contributed by atoms with Crippen LogP contribution in [0.5, 0.6) is 0 Å². The molecule has 0 fully saturated rings. The van der Waals surface area contributed by atoms with E-state index in [1.165, 1.54) is 4.57 Å². The third kappa shape index (κ3) is 1.43. The van der Waals surface area contributed by atoms with Crippen LogP contribution >= 0.6 is 0 Å². The van der Waals surface area contributed by atoms with Crippen LogP contribution in [0, 0.1) is 13.8 Å². The molecule has 5 nitrogen and oxygen atoms in total. The SMILES string of the molecule is Cc1cc2c3c(c1C)C(C)(C)CCn3c(=O)c(=O)n2O. The van der Waals surface area contributed by atoms with Gasteiger partial charge < -0.3 is 9.77 Å². The van der Waals surface area contributed by atoms with Crippen molar-refractivity contribution >= 4 is 11.0 Å². The lowest BCUT2D eigenvalue weighted by Crippen LogP contribution is -2.44. The van der Waals surface area contributed by atoms with Crippen LogP contribution in [0.2, 0.25) is 0 Å². The molecular formula is C15H18N2O3. The summed E-state index contributed by atoms with van der Waals surface area (Å²) in [5.41, 5.74) is 2.67. The van der Waals surface area contributed by atoms with Crippen LogP contribution in [0.4, 0.5) is 0 Å². The third-order valence-corrected chi connectivity index (χ3v) is 4.55. The lowest BCUT2D eigenvalue weighted by Gasteiger charge is -2.35. The summed E-state index contributed by atoms with van der Waals surface area (Å²) in [6.07, 6.45) is 0.800. The van der Waals surface area contributed by atoms with Crippen LogP contribution in [-0.4, -0.2) is 14.5 Å². The van der Waals surface area contributed by atoms with Crippen molar-refractivity contribution in [2.75, 3.05) is 0 Å². The van der Waals surface area contributed by atoms with E-state index in [0.717, 1.165) is 23.1 Å². The van der Waals surface area contributed by atoms with Crippen molar-refractivity contribution in [3.05, 3.63) is 43.5 Å². The van der Waals surface area contributed by atoms with Crippen molar-refractivity contribution in [2.45, 2.75) is 46.1 Å². The van der Waals surface area contributed by atoms with Gasteiger partial charge in [-0.1, -0.05) is 13.8 Å². The zero-order valence-corrected chi connectivity index (χ0v) is 12.1. The first kappa shape index (κ1) is 13.0. The van der Waals surface area contributed by atoms with Crippen molar-refractivity contribution in [3.8, 4) is 0 Å². The van der Waals surface area contributed by atoms with Crippen molar-refractivity contribution in [3.63, 3.8) is 0 Å². The molecule has 3 rings (SSSR count). The minimum Gasteiger partial charge on any atom is -0.425 e. The van der Waals surface area contributed by atoms with E-state index < -0.39 is 11.1 Å². The Morgan fingerprint density at radius 1 is 1.20 bits per heavy atom. The van der Waals surface area contributed by atoms with Crippen LogP contribution in [0.3, 0.4) is 0 Å². The predicted molar refractivity (Wildman–Crippen MR) is 76.8 cm³/mol. The zero-order chi connectivity index (χ0) is 14.8. The Labute approximate surface area is 116 Å². The molecule has 0 spiro atoms. The third-order valence-electron chi connectivity index (χ3n) is 4.55. The molecular weight excluding hydrogens is 256 g/mol. The van der Waals surface area contributed by atoms with Crippen LogP contribution in [0.15, 0.2) is 15.7 Å². The maximum Gasteiger partial charge on any atom is 0.349 e. The summed E-state index contributed by atoms with van der Waals surface area (Å²) in [7, 11) is 0. The minimum atomic E-state index is -0.883. The number of rotatable bonds is 0. The van der Waals surface area contributed by atoms with Crippen molar-refractivity contribution in [1.82, 2.24) is 9.30 Å². The second-order valence-electron chi connectivity index (χ2n) is 6.27. The average Bonchev–Trinajstić information content (AvgIpc) is 2.38. The number of hydrogen-bond donors (Lipinski definition) is 1. The highest BCUT2D eigenvalue weighted by molar-refractivity contribution is 5.83. The highest BCUT2D eigenvalue weighted by Gasteiger charge is 2.33. The van der Waals surface area contributed by atoms with Gasteiger partial charge in [-0.2, -0.15) is 0 Å². The second-order valence-corrected chi connectivity index (χ2v) is 6.27. The number of aromatic nitrogens is 2. The van der Waals surface area contributed by atoms with Gasteiger partial charge >= 0.3 is 11.1 Å². The smallest absolute Gasteiger partial charge is 0.349 e. The summed E-state index contributed by atoms with van der Waals surface area (Å²) in [4.78, 5) is 23.9. The molecule has 0 bridgehead atoms. The number of nitrogens with zero attached hydrogens (tertiary/aromatic N) is 2. The monoisotopic (exact) mass is 274 g/mol. The molecule has 0 radical (unpaired) electrons. The second kappa shape index (κ2) is 3.75. The molecule has 5 heteroatoms. The highest BCUT2D eigenvalue weighted by Crippen LogP contribution is 2.39. The Morgan fingerprint density at radius 2 is 1.85 bits per heavy atom. The summed E-state index contributed by atoms with van der Waals surface area (Å²) in [5, 5.41) is 9.98. The van der Waals surface area contributed by atoms with Crippen LogP contribution < -0.4 is 11.1 Å². The molecule has 1 aromatic carbocycles. The molecule has 1 aromatic heterocycles. The van der Waals surface area contributed by atoms with Crippen molar-refractivity contribution in [1.29, 1.82) is 0 Å². The molecule has 0 amide bonds. The van der Waals surface area contributed by atoms with Gasteiger partial charge in [-0.05, 0) is 48.4 Å². The first-order valence-corrected chi connectivity index (χ1v) is 6.75. The van der Waals surface area contributed by atoms with Gasteiger partial charge in [-0.15, -0.1) is 4.73 Å². The number of benzene rings is 1. The molecule has 0 aliphatic carbocycles. The fourth-order valence-corrected chi connectivity index (χ4v) is 3.29. The number of hydrogen-bond acceptors (Lipinski definition) is 3. The first-order chi connectivity index (χ1) is 9.25. The van der Waals surface area contributed by atoms with Crippen LogP contribution in [-0.2, 0) is 12.0 Å². The van der Waals surface area contributed by atoms with Crippen LogP contribution in [0.1, 0.15) is 37.0 Å². The summed E-state index contributed by atoms with van der Waals surface area (Å²) < 4.78 is 2.00. The normalized spacial score (nSPS) is 16.6. The van der Waals surface area contributed by atoms with E-state index in [1.807, 2.05) is 13.8 Å². The van der Waals surface area contributed by atoms with E-state index in [4.69, 9.17) is 0 Å². The fourth-order valence-electron chi connectivity index (χ4n) is 3.29. The van der Waals surface area contributed by atoms with Gasteiger partial charge in [0, 0.05) is 6.54 Å². The summed E-state index contributed by atoms with van der Waals surface area (Å²) in [5.74, 6) is 0. The topological polar surface area (TPSA) is 64.2 Å². The van der Waals surface area contributed by atoms with Crippen molar-refractivity contribution < 1.29 is 5.21 Å². The Hall–Kier alpha value is -2.04. The highest BCUT2D eigenvalue weighted by atomic mass is 16.5. The number of aryl methyl sites for hydroxylation is 2. The van der Waals surface area contributed by atoms with E-state index in [2.05, 4.69) is 13.8 Å². The summed E-state index contributed by atoms with van der Waals surface area (Å²) in [6.45, 7) is 8.76. The van der Waals surface area contributed by atoms with E-state index in [0.29, 0.717) is 22.3 Å². The van der Waals surface area contributed by atoms with Crippen molar-refractivity contribution in [2.24, 2.45) is 0 Å². The molecule has 2 heterocycles. The zero-order valence-electron chi connectivity index (χ0n) is 12.1. The van der Waals surface area contributed by atoms with E-state index >= 15 is 0 Å². The average molecular weight is 274 g/mol. The lowest BCUT2D eigenvalue weighted by molar-refractivity contribution is 0.184. The van der Waals surface area contributed by atoms with Gasteiger partial charge in [0.05, 0.1) is 5.52 Å². The summed E-state index contributed by atoms with van der Waals surface area (Å²) in [6, 6.07) is 1.77. The standard InChI is InChI=1S/C15H18N2O3/c1-8-7-10-12-11(9(8)2)15(3,4)5-6-16(12)13(18)14(19)17(10)20/h7,20H,5-6H2,1-4H3.